The first-order valence-electron chi connectivity index (χ1n) is 5.65. The summed E-state index contributed by atoms with van der Waals surface area (Å²) in [6.07, 6.45) is 1.45. The van der Waals surface area contributed by atoms with E-state index in [4.69, 9.17) is 0 Å². The Morgan fingerprint density at radius 3 is 2.60 bits per heavy atom. The third-order valence-electron chi connectivity index (χ3n) is 3.87. The molecule has 1 aliphatic heterocycles. The molecule has 1 spiro atoms. The summed E-state index contributed by atoms with van der Waals surface area (Å²) >= 11 is 3.59. The van der Waals surface area contributed by atoms with Crippen molar-refractivity contribution in [2.45, 2.75) is 13.0 Å². The van der Waals surface area contributed by atoms with Crippen LogP contribution < -0.4 is 0 Å². The van der Waals surface area contributed by atoms with E-state index in [1.165, 1.54) is 30.4 Å². The topological polar surface area (TPSA) is 3.24 Å². The fourth-order valence-corrected chi connectivity index (χ4v) is 3.75. The Balaban J connectivity index is 1.53. The molecule has 1 saturated heterocycles. The quantitative estimate of drug-likeness (QED) is 0.760. The van der Waals surface area contributed by atoms with Crippen molar-refractivity contribution in [3.8, 4) is 0 Å². The predicted octanol–water partition coefficient (Wildman–Crippen LogP) is 2.90. The van der Waals surface area contributed by atoms with Crippen LogP contribution in [0.25, 0.3) is 0 Å². The highest BCUT2D eigenvalue weighted by atomic mass is 79.9. The lowest BCUT2D eigenvalue weighted by Gasteiger charge is -2.41. The predicted molar refractivity (Wildman–Crippen MR) is 66.1 cm³/mol. The SMILES string of the molecule is BrCC1CC12CN(Cc1ccccc1)C2. The number of halogens is 1. The van der Waals surface area contributed by atoms with E-state index in [1.807, 2.05) is 0 Å². The smallest absolute Gasteiger partial charge is 0.0234 e. The molecule has 1 atom stereocenters. The van der Waals surface area contributed by atoms with Crippen LogP contribution in [0.3, 0.4) is 0 Å². The van der Waals surface area contributed by atoms with Gasteiger partial charge in [-0.15, -0.1) is 0 Å². The maximum atomic E-state index is 3.59. The standard InChI is InChI=1S/C13H16BrN/c14-7-12-6-13(12)9-15(10-13)8-11-4-2-1-3-5-11/h1-5,12H,6-10H2. The normalized spacial score (nSPS) is 27.7. The Bertz CT molecular complexity index is 343. The lowest BCUT2D eigenvalue weighted by atomic mass is 9.93. The molecule has 80 valence electrons. The Kier molecular flexibility index (Phi) is 2.37. The lowest BCUT2D eigenvalue weighted by Crippen LogP contribution is -2.48. The van der Waals surface area contributed by atoms with E-state index in [9.17, 15) is 0 Å². The first-order chi connectivity index (χ1) is 7.32. The average molecular weight is 266 g/mol. The summed E-state index contributed by atoms with van der Waals surface area (Å²) in [6.45, 7) is 3.77. The molecule has 1 aromatic carbocycles. The Morgan fingerprint density at radius 1 is 1.27 bits per heavy atom. The minimum Gasteiger partial charge on any atom is -0.298 e. The van der Waals surface area contributed by atoms with Gasteiger partial charge in [0, 0.05) is 25.0 Å². The third kappa shape index (κ3) is 1.74. The van der Waals surface area contributed by atoms with E-state index < -0.39 is 0 Å². The van der Waals surface area contributed by atoms with Crippen molar-refractivity contribution < 1.29 is 0 Å². The molecule has 1 unspecified atom stereocenters. The summed E-state index contributed by atoms with van der Waals surface area (Å²) in [4.78, 5) is 2.57. The largest absolute Gasteiger partial charge is 0.298 e. The molecule has 1 aliphatic carbocycles. The average Bonchev–Trinajstić information content (AvgIpc) is 2.93. The molecule has 2 heteroatoms. The van der Waals surface area contributed by atoms with Crippen molar-refractivity contribution in [3.63, 3.8) is 0 Å². The minimum absolute atomic E-state index is 0.721. The number of likely N-dealkylation sites (tertiary alicyclic amines) is 1. The molecule has 3 rings (SSSR count). The van der Waals surface area contributed by atoms with E-state index >= 15 is 0 Å². The number of hydrogen-bond acceptors (Lipinski definition) is 1. The molecule has 1 aromatic rings. The van der Waals surface area contributed by atoms with Crippen molar-refractivity contribution in [2.24, 2.45) is 11.3 Å². The molecule has 1 heterocycles. The van der Waals surface area contributed by atoms with Gasteiger partial charge in [-0.2, -0.15) is 0 Å². The molecule has 0 amide bonds. The van der Waals surface area contributed by atoms with Gasteiger partial charge in [0.05, 0.1) is 0 Å². The van der Waals surface area contributed by atoms with Gasteiger partial charge >= 0.3 is 0 Å². The van der Waals surface area contributed by atoms with Gasteiger partial charge in [0.1, 0.15) is 0 Å². The van der Waals surface area contributed by atoms with Crippen molar-refractivity contribution in [1.82, 2.24) is 4.90 Å². The van der Waals surface area contributed by atoms with Gasteiger partial charge in [-0.1, -0.05) is 46.3 Å². The molecule has 0 radical (unpaired) electrons. The van der Waals surface area contributed by atoms with E-state index in [1.54, 1.807) is 0 Å². The van der Waals surface area contributed by atoms with Crippen molar-refractivity contribution >= 4 is 15.9 Å². The van der Waals surface area contributed by atoms with E-state index in [0.29, 0.717) is 0 Å². The second-order valence-corrected chi connectivity index (χ2v) is 5.70. The first-order valence-corrected chi connectivity index (χ1v) is 6.77. The van der Waals surface area contributed by atoms with Gasteiger partial charge in [0.15, 0.2) is 0 Å². The molecule has 1 nitrogen and oxygen atoms in total. The van der Waals surface area contributed by atoms with Crippen molar-refractivity contribution in [1.29, 1.82) is 0 Å². The van der Waals surface area contributed by atoms with Gasteiger partial charge in [0.2, 0.25) is 0 Å². The van der Waals surface area contributed by atoms with E-state index in [0.717, 1.165) is 17.9 Å². The van der Waals surface area contributed by atoms with Crippen LogP contribution in [-0.4, -0.2) is 23.3 Å². The zero-order chi connectivity index (χ0) is 10.3. The molecule has 0 bridgehead atoms. The summed E-state index contributed by atoms with van der Waals surface area (Å²) in [5.41, 5.74) is 2.17. The Hall–Kier alpha value is -0.340. The molecule has 2 aliphatic rings. The summed E-state index contributed by atoms with van der Waals surface area (Å²) < 4.78 is 0. The summed E-state index contributed by atoms with van der Waals surface area (Å²) in [7, 11) is 0. The third-order valence-corrected chi connectivity index (χ3v) is 4.65. The second-order valence-electron chi connectivity index (χ2n) is 5.05. The number of alkyl halides is 1. The lowest BCUT2D eigenvalue weighted by molar-refractivity contribution is 0.0640. The van der Waals surface area contributed by atoms with Crippen LogP contribution in [0.15, 0.2) is 30.3 Å². The van der Waals surface area contributed by atoms with E-state index in [-0.39, 0.29) is 0 Å². The van der Waals surface area contributed by atoms with Gasteiger partial charge < -0.3 is 0 Å². The van der Waals surface area contributed by atoms with Crippen LogP contribution in [0.5, 0.6) is 0 Å². The van der Waals surface area contributed by atoms with Gasteiger partial charge in [-0.05, 0) is 23.3 Å². The number of rotatable bonds is 3. The first kappa shape index (κ1) is 9.86. The van der Waals surface area contributed by atoms with Gasteiger partial charge in [0.25, 0.3) is 0 Å². The number of benzene rings is 1. The summed E-state index contributed by atoms with van der Waals surface area (Å²) in [5, 5.41) is 1.20. The fourth-order valence-electron chi connectivity index (χ4n) is 2.84. The monoisotopic (exact) mass is 265 g/mol. The van der Waals surface area contributed by atoms with Crippen molar-refractivity contribution in [2.75, 3.05) is 18.4 Å². The minimum atomic E-state index is 0.721. The molecule has 2 fully saturated rings. The fraction of sp³-hybridized carbons (Fsp3) is 0.538. The number of nitrogens with zero attached hydrogens (tertiary/aromatic N) is 1. The summed E-state index contributed by atoms with van der Waals surface area (Å²) in [5.74, 6) is 0.963. The van der Waals surface area contributed by atoms with Crippen LogP contribution >= 0.6 is 15.9 Å². The highest BCUT2D eigenvalue weighted by Gasteiger charge is 2.59. The van der Waals surface area contributed by atoms with Crippen LogP contribution in [0.4, 0.5) is 0 Å². The highest BCUT2D eigenvalue weighted by molar-refractivity contribution is 9.09. The Morgan fingerprint density at radius 2 is 2.00 bits per heavy atom. The number of hydrogen-bond donors (Lipinski definition) is 0. The maximum absolute atomic E-state index is 3.59. The van der Waals surface area contributed by atoms with Crippen LogP contribution in [-0.2, 0) is 6.54 Å². The molecule has 15 heavy (non-hydrogen) atoms. The molecule has 0 aromatic heterocycles. The second kappa shape index (κ2) is 3.60. The molecule has 1 saturated carbocycles. The zero-order valence-electron chi connectivity index (χ0n) is 8.82. The highest BCUT2D eigenvalue weighted by Crippen LogP contribution is 2.59. The van der Waals surface area contributed by atoms with Gasteiger partial charge in [-0.25, -0.2) is 0 Å². The Labute approximate surface area is 99.6 Å². The van der Waals surface area contributed by atoms with Crippen LogP contribution in [0, 0.1) is 11.3 Å². The van der Waals surface area contributed by atoms with Gasteiger partial charge in [-0.3, -0.25) is 4.90 Å². The maximum Gasteiger partial charge on any atom is 0.0234 e. The van der Waals surface area contributed by atoms with Crippen LogP contribution in [0.2, 0.25) is 0 Å². The van der Waals surface area contributed by atoms with E-state index in [2.05, 4.69) is 51.2 Å². The molecule has 0 N–H and O–H groups in total. The van der Waals surface area contributed by atoms with Crippen LogP contribution in [0.1, 0.15) is 12.0 Å². The molecular formula is C13H16BrN. The zero-order valence-corrected chi connectivity index (χ0v) is 10.4. The van der Waals surface area contributed by atoms with Crippen molar-refractivity contribution in [3.05, 3.63) is 35.9 Å². The molecular weight excluding hydrogens is 250 g/mol. The summed E-state index contributed by atoms with van der Waals surface area (Å²) in [6, 6.07) is 10.8.